The van der Waals surface area contributed by atoms with E-state index in [-0.39, 0.29) is 24.5 Å². The van der Waals surface area contributed by atoms with E-state index in [2.05, 4.69) is 10.9 Å². The lowest BCUT2D eigenvalue weighted by atomic mass is 10.2. The molecule has 0 aliphatic carbocycles. The van der Waals surface area contributed by atoms with Crippen LogP contribution in [0.5, 0.6) is 5.75 Å². The molecule has 23 heavy (non-hydrogen) atoms. The minimum absolute atomic E-state index is 0.0389. The molecule has 0 aromatic heterocycles. The molecule has 2 aromatic carbocycles. The van der Waals surface area contributed by atoms with Gasteiger partial charge in [0.2, 0.25) is 0 Å². The number of nitrogens with one attached hydrogen (secondary N) is 2. The quantitative estimate of drug-likeness (QED) is 0.730. The molecule has 120 valence electrons. The van der Waals surface area contributed by atoms with Gasteiger partial charge in [0, 0.05) is 5.02 Å². The van der Waals surface area contributed by atoms with Crippen LogP contribution in [0.3, 0.4) is 0 Å². The van der Waals surface area contributed by atoms with E-state index in [4.69, 9.17) is 16.3 Å². The Morgan fingerprint density at radius 2 is 1.83 bits per heavy atom. The van der Waals surface area contributed by atoms with Crippen LogP contribution in [0.2, 0.25) is 5.02 Å². The molecule has 0 aliphatic heterocycles. The first-order valence-corrected chi connectivity index (χ1v) is 7.13. The molecule has 2 aromatic rings. The fourth-order valence-electron chi connectivity index (χ4n) is 1.76. The van der Waals surface area contributed by atoms with Crippen LogP contribution < -0.4 is 10.9 Å². The van der Waals surface area contributed by atoms with Crippen molar-refractivity contribution in [2.75, 3.05) is 6.61 Å². The Morgan fingerprint density at radius 3 is 2.57 bits per heavy atom. The Morgan fingerprint density at radius 1 is 1.09 bits per heavy atom. The number of ether oxygens (including phenoxy) is 1. The molecule has 0 spiro atoms. The normalized spacial score (nSPS) is 10.1. The van der Waals surface area contributed by atoms with Crippen molar-refractivity contribution in [3.05, 3.63) is 64.7 Å². The van der Waals surface area contributed by atoms with Crippen LogP contribution in [-0.2, 0) is 16.1 Å². The molecule has 0 saturated carbocycles. The van der Waals surface area contributed by atoms with Gasteiger partial charge in [0.1, 0.15) is 12.4 Å². The molecule has 0 atom stereocenters. The summed E-state index contributed by atoms with van der Waals surface area (Å²) in [5.41, 5.74) is 5.27. The van der Waals surface area contributed by atoms with Crippen LogP contribution in [0.1, 0.15) is 15.9 Å². The SMILES string of the molecule is O=C(COCc1ccccc1)NNC(=O)c1cc(Cl)ccc1O. The number of halogens is 1. The van der Waals surface area contributed by atoms with Gasteiger partial charge in [-0.05, 0) is 23.8 Å². The zero-order chi connectivity index (χ0) is 16.7. The highest BCUT2D eigenvalue weighted by Gasteiger charge is 2.12. The molecule has 6 nitrogen and oxygen atoms in total. The van der Waals surface area contributed by atoms with Crippen molar-refractivity contribution in [3.8, 4) is 5.75 Å². The van der Waals surface area contributed by atoms with Gasteiger partial charge in [0.25, 0.3) is 11.8 Å². The van der Waals surface area contributed by atoms with E-state index < -0.39 is 11.8 Å². The van der Waals surface area contributed by atoms with Crippen molar-refractivity contribution in [2.45, 2.75) is 6.61 Å². The summed E-state index contributed by atoms with van der Waals surface area (Å²) in [5, 5.41) is 9.88. The van der Waals surface area contributed by atoms with Crippen molar-refractivity contribution in [1.82, 2.24) is 10.9 Å². The summed E-state index contributed by atoms with van der Waals surface area (Å²) in [6.07, 6.45) is 0. The smallest absolute Gasteiger partial charge is 0.273 e. The summed E-state index contributed by atoms with van der Waals surface area (Å²) in [5.74, 6) is -1.43. The van der Waals surface area contributed by atoms with Gasteiger partial charge in [0.15, 0.2) is 0 Å². The second-order valence-electron chi connectivity index (χ2n) is 4.64. The second-order valence-corrected chi connectivity index (χ2v) is 5.08. The lowest BCUT2D eigenvalue weighted by molar-refractivity contribution is -0.126. The molecule has 3 N–H and O–H groups in total. The lowest BCUT2D eigenvalue weighted by Crippen LogP contribution is -2.43. The van der Waals surface area contributed by atoms with Gasteiger partial charge < -0.3 is 9.84 Å². The highest BCUT2D eigenvalue weighted by Crippen LogP contribution is 2.20. The first-order valence-electron chi connectivity index (χ1n) is 6.75. The van der Waals surface area contributed by atoms with Crippen LogP contribution in [0.25, 0.3) is 0 Å². The van der Waals surface area contributed by atoms with Crippen molar-refractivity contribution in [3.63, 3.8) is 0 Å². The molecule has 2 rings (SSSR count). The van der Waals surface area contributed by atoms with E-state index >= 15 is 0 Å². The van der Waals surface area contributed by atoms with E-state index in [1.165, 1.54) is 18.2 Å². The van der Waals surface area contributed by atoms with Gasteiger partial charge in [-0.3, -0.25) is 20.4 Å². The second kappa shape index (κ2) is 8.17. The fraction of sp³-hybridized carbons (Fsp3) is 0.125. The molecule has 2 amide bonds. The Labute approximate surface area is 138 Å². The standard InChI is InChI=1S/C16H15ClN2O4/c17-12-6-7-14(20)13(8-12)16(22)19-18-15(21)10-23-9-11-4-2-1-3-5-11/h1-8,20H,9-10H2,(H,18,21)(H,19,22). The average molecular weight is 335 g/mol. The maximum atomic E-state index is 11.8. The maximum Gasteiger partial charge on any atom is 0.273 e. The number of carbonyl (C=O) groups excluding carboxylic acids is 2. The minimum Gasteiger partial charge on any atom is -0.507 e. The number of rotatable bonds is 5. The predicted octanol–water partition coefficient (Wildman–Crippen LogP) is 2.02. The number of aromatic hydroxyl groups is 1. The van der Waals surface area contributed by atoms with E-state index in [9.17, 15) is 14.7 Å². The predicted molar refractivity (Wildman–Crippen MR) is 84.8 cm³/mol. The summed E-state index contributed by atoms with van der Waals surface area (Å²) in [6, 6.07) is 13.4. The van der Waals surface area contributed by atoms with Crippen molar-refractivity contribution < 1.29 is 19.4 Å². The van der Waals surface area contributed by atoms with Gasteiger partial charge in [0.05, 0.1) is 12.2 Å². The zero-order valence-corrected chi connectivity index (χ0v) is 12.8. The average Bonchev–Trinajstić information content (AvgIpc) is 2.56. The van der Waals surface area contributed by atoms with E-state index in [1.54, 1.807) is 0 Å². The summed E-state index contributed by atoms with van der Waals surface area (Å²) < 4.78 is 5.23. The molecule has 0 unspecified atom stereocenters. The third-order valence-electron chi connectivity index (χ3n) is 2.86. The number of phenols is 1. The highest BCUT2D eigenvalue weighted by atomic mass is 35.5. The summed E-state index contributed by atoms with van der Waals surface area (Å²) in [7, 11) is 0. The number of hydrogen-bond donors (Lipinski definition) is 3. The first kappa shape index (κ1) is 16.8. The molecule has 0 aliphatic rings. The van der Waals surface area contributed by atoms with Gasteiger partial charge in [-0.1, -0.05) is 41.9 Å². The lowest BCUT2D eigenvalue weighted by Gasteiger charge is -2.09. The molecular weight excluding hydrogens is 320 g/mol. The van der Waals surface area contributed by atoms with Crippen molar-refractivity contribution >= 4 is 23.4 Å². The molecule has 0 bridgehead atoms. The fourth-order valence-corrected chi connectivity index (χ4v) is 1.93. The summed E-state index contributed by atoms with van der Waals surface area (Å²) in [6.45, 7) is 0.0774. The van der Waals surface area contributed by atoms with Crippen molar-refractivity contribution in [1.29, 1.82) is 0 Å². The van der Waals surface area contributed by atoms with Crippen molar-refractivity contribution in [2.24, 2.45) is 0 Å². The Balaban J connectivity index is 1.75. The summed E-state index contributed by atoms with van der Waals surface area (Å²) in [4.78, 5) is 23.4. The van der Waals surface area contributed by atoms with E-state index in [0.717, 1.165) is 5.56 Å². The number of hydrazine groups is 1. The third-order valence-corrected chi connectivity index (χ3v) is 3.10. The molecule has 7 heteroatoms. The number of benzene rings is 2. The topological polar surface area (TPSA) is 87.7 Å². The molecule has 0 fully saturated rings. The molecule has 0 radical (unpaired) electrons. The highest BCUT2D eigenvalue weighted by molar-refractivity contribution is 6.31. The zero-order valence-electron chi connectivity index (χ0n) is 12.1. The van der Waals surface area contributed by atoms with E-state index in [0.29, 0.717) is 5.02 Å². The van der Waals surface area contributed by atoms with Gasteiger partial charge >= 0.3 is 0 Å². The maximum absolute atomic E-state index is 11.8. The van der Waals surface area contributed by atoms with Crippen LogP contribution in [0, 0.1) is 0 Å². The first-order chi connectivity index (χ1) is 11.1. The van der Waals surface area contributed by atoms with Crippen LogP contribution in [0.4, 0.5) is 0 Å². The molecular formula is C16H15ClN2O4. The molecule has 0 saturated heterocycles. The van der Waals surface area contributed by atoms with Crippen LogP contribution in [-0.4, -0.2) is 23.5 Å². The number of phenolic OH excluding ortho intramolecular Hbond substituents is 1. The number of amides is 2. The monoisotopic (exact) mass is 334 g/mol. The van der Waals surface area contributed by atoms with Crippen LogP contribution >= 0.6 is 11.6 Å². The number of hydrogen-bond acceptors (Lipinski definition) is 4. The Hall–Kier alpha value is -2.57. The minimum atomic E-state index is -0.679. The largest absolute Gasteiger partial charge is 0.507 e. The van der Waals surface area contributed by atoms with Gasteiger partial charge in [-0.15, -0.1) is 0 Å². The molecule has 0 heterocycles. The summed E-state index contributed by atoms with van der Waals surface area (Å²) >= 11 is 5.75. The van der Waals surface area contributed by atoms with Gasteiger partial charge in [-0.2, -0.15) is 0 Å². The Bertz CT molecular complexity index is 692. The van der Waals surface area contributed by atoms with Gasteiger partial charge in [-0.25, -0.2) is 0 Å². The Kier molecular flexibility index (Phi) is 5.96. The number of carbonyl (C=O) groups is 2. The van der Waals surface area contributed by atoms with Crippen LogP contribution in [0.15, 0.2) is 48.5 Å². The van der Waals surface area contributed by atoms with E-state index in [1.807, 2.05) is 30.3 Å². The third kappa shape index (κ3) is 5.28.